The van der Waals surface area contributed by atoms with E-state index in [0.29, 0.717) is 11.0 Å². The Morgan fingerprint density at radius 1 is 1.12 bits per heavy atom. The van der Waals surface area contributed by atoms with Gasteiger partial charge < -0.3 is 5.32 Å². The molecule has 1 spiro atoms. The van der Waals surface area contributed by atoms with Crippen LogP contribution in [0.5, 0.6) is 0 Å². The van der Waals surface area contributed by atoms with Gasteiger partial charge in [-0.2, -0.15) is 0 Å². The van der Waals surface area contributed by atoms with Gasteiger partial charge in [0.15, 0.2) is 0 Å². The van der Waals surface area contributed by atoms with Gasteiger partial charge in [0.25, 0.3) is 0 Å². The molecule has 98 valence electrons. The van der Waals surface area contributed by atoms with E-state index >= 15 is 0 Å². The summed E-state index contributed by atoms with van der Waals surface area (Å²) in [5, 5.41) is 3.88. The summed E-state index contributed by atoms with van der Waals surface area (Å²) in [5.41, 5.74) is 1.15. The highest BCUT2D eigenvalue weighted by Crippen LogP contribution is 2.46. The van der Waals surface area contributed by atoms with Crippen LogP contribution in [0.15, 0.2) is 0 Å². The average Bonchev–Trinajstić information content (AvgIpc) is 3.03. The largest absolute Gasteiger partial charge is 0.308 e. The maximum absolute atomic E-state index is 3.88. The maximum Gasteiger partial charge on any atom is 0.0309 e. The van der Waals surface area contributed by atoms with E-state index in [1.165, 1.54) is 64.6 Å². The number of nitrogens with zero attached hydrogens (tertiary/aromatic N) is 1. The van der Waals surface area contributed by atoms with Crippen molar-refractivity contribution >= 4 is 0 Å². The zero-order chi connectivity index (χ0) is 11.9. The Bertz CT molecular complexity index is 277. The molecule has 1 aliphatic heterocycles. The molecule has 1 atom stereocenters. The number of hydrogen-bond acceptors (Lipinski definition) is 2. The molecule has 0 radical (unpaired) electrons. The SMILES string of the molecule is CC1CNC2(CCCCC2)CN1CC1(C)CC1. The van der Waals surface area contributed by atoms with Gasteiger partial charge in [-0.05, 0) is 38.0 Å². The van der Waals surface area contributed by atoms with Crippen molar-refractivity contribution in [3.05, 3.63) is 0 Å². The van der Waals surface area contributed by atoms with Crippen molar-refractivity contribution in [2.45, 2.75) is 70.4 Å². The van der Waals surface area contributed by atoms with Gasteiger partial charge in [0, 0.05) is 31.2 Å². The lowest BCUT2D eigenvalue weighted by atomic mass is 9.79. The van der Waals surface area contributed by atoms with Crippen LogP contribution in [-0.2, 0) is 0 Å². The normalized spacial score (nSPS) is 36.0. The summed E-state index contributed by atoms with van der Waals surface area (Å²) in [6.07, 6.45) is 10.1. The summed E-state index contributed by atoms with van der Waals surface area (Å²) in [5.74, 6) is 0. The van der Waals surface area contributed by atoms with Crippen molar-refractivity contribution in [1.29, 1.82) is 0 Å². The van der Waals surface area contributed by atoms with E-state index in [1.54, 1.807) is 0 Å². The minimum Gasteiger partial charge on any atom is -0.308 e. The predicted molar refractivity (Wildman–Crippen MR) is 72.2 cm³/mol. The van der Waals surface area contributed by atoms with E-state index in [4.69, 9.17) is 0 Å². The molecule has 0 amide bonds. The fourth-order valence-electron chi connectivity index (χ4n) is 3.73. The molecule has 3 rings (SSSR count). The first-order valence-electron chi connectivity index (χ1n) is 7.60. The molecule has 0 aromatic heterocycles. The molecule has 3 aliphatic rings. The van der Waals surface area contributed by atoms with Crippen molar-refractivity contribution in [3.63, 3.8) is 0 Å². The Kier molecular flexibility index (Phi) is 2.99. The Labute approximate surface area is 106 Å². The number of hydrogen-bond donors (Lipinski definition) is 1. The van der Waals surface area contributed by atoms with Crippen molar-refractivity contribution < 1.29 is 0 Å². The van der Waals surface area contributed by atoms with Gasteiger partial charge in [-0.15, -0.1) is 0 Å². The van der Waals surface area contributed by atoms with Gasteiger partial charge in [0.05, 0.1) is 0 Å². The molecule has 1 N–H and O–H groups in total. The molecule has 2 nitrogen and oxygen atoms in total. The summed E-state index contributed by atoms with van der Waals surface area (Å²) >= 11 is 0. The minimum absolute atomic E-state index is 0.482. The van der Waals surface area contributed by atoms with Gasteiger partial charge >= 0.3 is 0 Å². The molecule has 17 heavy (non-hydrogen) atoms. The Hall–Kier alpha value is -0.0800. The van der Waals surface area contributed by atoms with Gasteiger partial charge in [-0.3, -0.25) is 4.90 Å². The smallest absolute Gasteiger partial charge is 0.0309 e. The minimum atomic E-state index is 0.482. The number of piperazine rings is 1. The van der Waals surface area contributed by atoms with Crippen molar-refractivity contribution in [3.8, 4) is 0 Å². The second-order valence-corrected chi connectivity index (χ2v) is 7.29. The number of nitrogens with one attached hydrogen (secondary N) is 1. The lowest BCUT2D eigenvalue weighted by Crippen LogP contribution is -2.64. The van der Waals surface area contributed by atoms with Crippen LogP contribution in [0, 0.1) is 5.41 Å². The molecular formula is C15H28N2. The molecular weight excluding hydrogens is 208 g/mol. The highest BCUT2D eigenvalue weighted by atomic mass is 15.3. The molecule has 1 heterocycles. The summed E-state index contributed by atoms with van der Waals surface area (Å²) in [6, 6.07) is 0.736. The second kappa shape index (κ2) is 4.24. The van der Waals surface area contributed by atoms with Gasteiger partial charge in [0.2, 0.25) is 0 Å². The van der Waals surface area contributed by atoms with Crippen LogP contribution in [0.3, 0.4) is 0 Å². The third-order valence-electron chi connectivity index (χ3n) is 5.40. The quantitative estimate of drug-likeness (QED) is 0.793. The zero-order valence-electron chi connectivity index (χ0n) is 11.6. The van der Waals surface area contributed by atoms with Crippen LogP contribution in [0.2, 0.25) is 0 Å². The first kappa shape index (κ1) is 12.0. The van der Waals surface area contributed by atoms with Crippen LogP contribution in [0.25, 0.3) is 0 Å². The maximum atomic E-state index is 3.88. The van der Waals surface area contributed by atoms with Gasteiger partial charge in [-0.25, -0.2) is 0 Å². The van der Waals surface area contributed by atoms with Crippen molar-refractivity contribution in [2.24, 2.45) is 5.41 Å². The molecule has 3 fully saturated rings. The lowest BCUT2D eigenvalue weighted by Gasteiger charge is -2.49. The molecule has 1 unspecified atom stereocenters. The van der Waals surface area contributed by atoms with E-state index in [2.05, 4.69) is 24.1 Å². The Morgan fingerprint density at radius 3 is 2.47 bits per heavy atom. The van der Waals surface area contributed by atoms with E-state index in [9.17, 15) is 0 Å². The van der Waals surface area contributed by atoms with Gasteiger partial charge in [-0.1, -0.05) is 26.2 Å². The third kappa shape index (κ3) is 2.53. The topological polar surface area (TPSA) is 15.3 Å². The molecule has 0 aromatic rings. The molecule has 2 aliphatic carbocycles. The standard InChI is InChI=1S/C15H28N2/c1-13-10-16-15(6-4-3-5-7-15)12-17(13)11-14(2)8-9-14/h13,16H,3-12H2,1-2H3. The summed E-state index contributed by atoms with van der Waals surface area (Å²) in [6.45, 7) is 8.72. The molecule has 0 aromatic carbocycles. The fourth-order valence-corrected chi connectivity index (χ4v) is 3.73. The Balaban J connectivity index is 1.65. The molecule has 2 saturated carbocycles. The average molecular weight is 236 g/mol. The zero-order valence-corrected chi connectivity index (χ0v) is 11.6. The first-order valence-corrected chi connectivity index (χ1v) is 7.60. The predicted octanol–water partition coefficient (Wildman–Crippen LogP) is 2.78. The van der Waals surface area contributed by atoms with Crippen LogP contribution in [-0.4, -0.2) is 36.1 Å². The van der Waals surface area contributed by atoms with E-state index in [0.717, 1.165) is 6.04 Å². The Morgan fingerprint density at radius 2 is 1.82 bits per heavy atom. The van der Waals surface area contributed by atoms with Crippen LogP contribution >= 0.6 is 0 Å². The van der Waals surface area contributed by atoms with E-state index in [-0.39, 0.29) is 0 Å². The van der Waals surface area contributed by atoms with E-state index < -0.39 is 0 Å². The monoisotopic (exact) mass is 236 g/mol. The number of rotatable bonds is 2. The van der Waals surface area contributed by atoms with Crippen molar-refractivity contribution in [2.75, 3.05) is 19.6 Å². The summed E-state index contributed by atoms with van der Waals surface area (Å²) < 4.78 is 0. The van der Waals surface area contributed by atoms with Crippen LogP contribution < -0.4 is 5.32 Å². The summed E-state index contributed by atoms with van der Waals surface area (Å²) in [7, 11) is 0. The highest BCUT2D eigenvalue weighted by molar-refractivity contribution is 5.01. The molecule has 0 bridgehead atoms. The summed E-state index contributed by atoms with van der Waals surface area (Å²) in [4.78, 5) is 2.79. The fraction of sp³-hybridized carbons (Fsp3) is 1.00. The lowest BCUT2D eigenvalue weighted by molar-refractivity contribution is 0.0499. The highest BCUT2D eigenvalue weighted by Gasteiger charge is 2.44. The van der Waals surface area contributed by atoms with Crippen LogP contribution in [0.1, 0.15) is 58.8 Å². The van der Waals surface area contributed by atoms with Crippen molar-refractivity contribution in [1.82, 2.24) is 10.2 Å². The molecule has 2 heteroatoms. The van der Waals surface area contributed by atoms with E-state index in [1.807, 2.05) is 0 Å². The second-order valence-electron chi connectivity index (χ2n) is 7.29. The van der Waals surface area contributed by atoms with Crippen LogP contribution in [0.4, 0.5) is 0 Å². The first-order chi connectivity index (χ1) is 8.11. The third-order valence-corrected chi connectivity index (χ3v) is 5.40. The molecule has 1 saturated heterocycles. The van der Waals surface area contributed by atoms with Gasteiger partial charge in [0.1, 0.15) is 0 Å².